The third kappa shape index (κ3) is 5.85. The highest BCUT2D eigenvalue weighted by atomic mass is 19.1. The van der Waals surface area contributed by atoms with Gasteiger partial charge in [-0.15, -0.1) is 0 Å². The fourth-order valence-electron chi connectivity index (χ4n) is 8.31. The Hall–Kier alpha value is -2.52. The Morgan fingerprint density at radius 3 is 2.62 bits per heavy atom. The van der Waals surface area contributed by atoms with Crippen LogP contribution in [-0.2, 0) is 6.54 Å². The molecule has 0 aliphatic heterocycles. The maximum Gasteiger partial charge on any atom is 0.225 e. The van der Waals surface area contributed by atoms with Gasteiger partial charge in [0.15, 0.2) is 11.6 Å². The summed E-state index contributed by atoms with van der Waals surface area (Å²) >= 11 is 0. The number of nitrogens with zero attached hydrogens (tertiary/aromatic N) is 3. The lowest BCUT2D eigenvalue weighted by Gasteiger charge is -2.60. The van der Waals surface area contributed by atoms with Crippen LogP contribution in [0, 0.1) is 34.9 Å². The van der Waals surface area contributed by atoms with Crippen LogP contribution in [0.2, 0.25) is 0 Å². The molecule has 4 N–H and O–H groups in total. The number of hydrogen-bond donors (Lipinski definition) is 4. The predicted octanol–water partition coefficient (Wildman–Crippen LogP) is 4.77. The molecule has 2 heterocycles. The predicted molar refractivity (Wildman–Crippen MR) is 149 cm³/mol. The third-order valence-electron chi connectivity index (χ3n) is 10.1. The van der Waals surface area contributed by atoms with Gasteiger partial charge in [0.2, 0.25) is 11.8 Å². The highest BCUT2D eigenvalue weighted by Crippen LogP contribution is 2.60. The summed E-state index contributed by atoms with van der Waals surface area (Å²) in [6.45, 7) is 4.25. The van der Waals surface area contributed by atoms with Crippen LogP contribution in [-0.4, -0.2) is 51.9 Å². The molecule has 0 amide bonds. The Labute approximate surface area is 231 Å². The maximum atomic E-state index is 14.7. The molecule has 2 aromatic rings. The summed E-state index contributed by atoms with van der Waals surface area (Å²) in [5.41, 5.74) is 0.632. The standard InChI is InChI=1S/C30H43FN6O2/c1-29(38)7-5-19(6-8-29)15-33-25-22-10-20-11-23(25)14-30(12-20,13-22)18-36-26-24(31)17-35-28(37-26)34-16-21-4-3-9-32-27(21)39-2/h3-4,9,17,19-20,22-23,25,33,38H,5-8,10-16,18H2,1-2H3,(H2,34,35,36,37)/t19-,20?,22-,23+,25-,29-,30-. The van der Waals surface area contributed by atoms with Crippen LogP contribution in [0.3, 0.4) is 0 Å². The lowest BCUT2D eigenvalue weighted by molar-refractivity contribution is -0.0711. The van der Waals surface area contributed by atoms with E-state index in [0.29, 0.717) is 42.2 Å². The second-order valence-electron chi connectivity index (χ2n) is 13.1. The van der Waals surface area contributed by atoms with E-state index in [0.717, 1.165) is 50.3 Å². The molecule has 5 saturated carbocycles. The van der Waals surface area contributed by atoms with Crippen molar-refractivity contribution in [2.24, 2.45) is 29.1 Å². The molecule has 4 bridgehead atoms. The average Bonchev–Trinajstić information content (AvgIpc) is 2.92. The van der Waals surface area contributed by atoms with Gasteiger partial charge in [-0.25, -0.2) is 14.4 Å². The summed E-state index contributed by atoms with van der Waals surface area (Å²) in [6, 6.07) is 4.38. The van der Waals surface area contributed by atoms with Crippen LogP contribution in [0.4, 0.5) is 16.2 Å². The van der Waals surface area contributed by atoms with Crippen LogP contribution < -0.4 is 20.7 Å². The first-order valence-corrected chi connectivity index (χ1v) is 14.8. The molecule has 0 radical (unpaired) electrons. The maximum absolute atomic E-state index is 14.7. The number of anilines is 2. The fraction of sp³-hybridized carbons (Fsp3) is 0.700. The molecular formula is C30H43FN6O2. The second-order valence-corrected chi connectivity index (χ2v) is 13.1. The minimum atomic E-state index is -0.467. The van der Waals surface area contributed by atoms with E-state index in [4.69, 9.17) is 4.74 Å². The molecule has 1 unspecified atom stereocenters. The van der Waals surface area contributed by atoms with Crippen LogP contribution in [0.5, 0.6) is 5.88 Å². The molecule has 0 aromatic carbocycles. The number of aliphatic hydroxyl groups is 1. The quantitative estimate of drug-likeness (QED) is 0.343. The first kappa shape index (κ1) is 26.7. The van der Waals surface area contributed by atoms with Crippen molar-refractivity contribution < 1.29 is 14.2 Å². The molecule has 9 heteroatoms. The molecule has 5 atom stereocenters. The Bertz CT molecular complexity index is 1140. The molecule has 5 aliphatic carbocycles. The van der Waals surface area contributed by atoms with E-state index in [1.54, 1.807) is 13.3 Å². The minimum absolute atomic E-state index is 0.215. The van der Waals surface area contributed by atoms with Crippen molar-refractivity contribution in [1.82, 2.24) is 20.3 Å². The molecule has 7 rings (SSSR count). The topological polar surface area (TPSA) is 104 Å². The number of halogens is 1. The molecule has 0 saturated heterocycles. The van der Waals surface area contributed by atoms with Gasteiger partial charge < -0.3 is 25.8 Å². The molecule has 0 spiro atoms. The zero-order valence-corrected chi connectivity index (χ0v) is 23.3. The van der Waals surface area contributed by atoms with Gasteiger partial charge in [-0.05, 0) is 106 Å². The zero-order chi connectivity index (χ0) is 27.0. The summed E-state index contributed by atoms with van der Waals surface area (Å²) in [4.78, 5) is 12.8. The minimum Gasteiger partial charge on any atom is -0.481 e. The normalized spacial score (nSPS) is 35.1. The Morgan fingerprint density at radius 1 is 1.10 bits per heavy atom. The van der Waals surface area contributed by atoms with Gasteiger partial charge in [0.25, 0.3) is 0 Å². The average molecular weight is 539 g/mol. The zero-order valence-electron chi connectivity index (χ0n) is 23.3. The molecule has 5 fully saturated rings. The number of ether oxygens (including phenoxy) is 1. The number of aromatic nitrogens is 3. The van der Waals surface area contributed by atoms with E-state index in [1.165, 1.54) is 38.3 Å². The molecule has 8 nitrogen and oxygen atoms in total. The van der Waals surface area contributed by atoms with E-state index >= 15 is 0 Å². The largest absolute Gasteiger partial charge is 0.481 e. The van der Waals surface area contributed by atoms with Crippen molar-refractivity contribution in [3.63, 3.8) is 0 Å². The van der Waals surface area contributed by atoms with Crippen LogP contribution >= 0.6 is 0 Å². The number of rotatable bonds is 10. The van der Waals surface area contributed by atoms with E-state index in [9.17, 15) is 9.50 Å². The summed E-state index contributed by atoms with van der Waals surface area (Å²) in [5, 5.41) is 20.9. The van der Waals surface area contributed by atoms with Gasteiger partial charge >= 0.3 is 0 Å². The van der Waals surface area contributed by atoms with Crippen molar-refractivity contribution in [3.05, 3.63) is 35.9 Å². The first-order valence-electron chi connectivity index (χ1n) is 14.8. The fourth-order valence-corrected chi connectivity index (χ4v) is 8.31. The summed E-state index contributed by atoms with van der Waals surface area (Å²) < 4.78 is 20.0. The second kappa shape index (κ2) is 10.8. The van der Waals surface area contributed by atoms with Gasteiger partial charge in [-0.3, -0.25) is 0 Å². The molecular weight excluding hydrogens is 495 g/mol. The number of pyridine rings is 1. The van der Waals surface area contributed by atoms with Crippen molar-refractivity contribution in [1.29, 1.82) is 0 Å². The van der Waals surface area contributed by atoms with Crippen molar-refractivity contribution >= 4 is 11.8 Å². The number of hydrogen-bond acceptors (Lipinski definition) is 8. The van der Waals surface area contributed by atoms with E-state index < -0.39 is 11.4 Å². The first-order chi connectivity index (χ1) is 18.8. The van der Waals surface area contributed by atoms with E-state index in [1.807, 2.05) is 19.1 Å². The monoisotopic (exact) mass is 538 g/mol. The smallest absolute Gasteiger partial charge is 0.225 e. The summed E-state index contributed by atoms with van der Waals surface area (Å²) in [5.74, 6) is 3.64. The van der Waals surface area contributed by atoms with E-state index in [2.05, 4.69) is 30.9 Å². The Balaban J connectivity index is 1.05. The van der Waals surface area contributed by atoms with Crippen molar-refractivity contribution in [2.45, 2.75) is 82.9 Å². The van der Waals surface area contributed by atoms with Gasteiger partial charge in [0, 0.05) is 30.9 Å². The van der Waals surface area contributed by atoms with Crippen molar-refractivity contribution in [2.75, 3.05) is 30.8 Å². The van der Waals surface area contributed by atoms with E-state index in [-0.39, 0.29) is 11.2 Å². The Morgan fingerprint density at radius 2 is 1.87 bits per heavy atom. The van der Waals surface area contributed by atoms with Crippen LogP contribution in [0.15, 0.2) is 24.5 Å². The molecule has 212 valence electrons. The number of nitrogens with one attached hydrogen (secondary N) is 3. The van der Waals surface area contributed by atoms with Crippen LogP contribution in [0.1, 0.15) is 70.3 Å². The van der Waals surface area contributed by atoms with Gasteiger partial charge in [0.05, 0.1) is 18.9 Å². The number of methoxy groups -OCH3 is 1. The summed E-state index contributed by atoms with van der Waals surface area (Å²) in [7, 11) is 1.59. The molecule has 39 heavy (non-hydrogen) atoms. The van der Waals surface area contributed by atoms with Crippen LogP contribution in [0.25, 0.3) is 0 Å². The van der Waals surface area contributed by atoms with Gasteiger partial charge in [-0.2, -0.15) is 4.98 Å². The lowest BCUT2D eigenvalue weighted by Crippen LogP contribution is -2.60. The third-order valence-corrected chi connectivity index (χ3v) is 10.1. The van der Waals surface area contributed by atoms with Crippen molar-refractivity contribution in [3.8, 4) is 5.88 Å². The molecule has 5 aliphatic rings. The summed E-state index contributed by atoms with van der Waals surface area (Å²) in [6.07, 6.45) is 13.3. The Kier molecular flexibility index (Phi) is 7.39. The molecule has 2 aromatic heterocycles. The SMILES string of the molecule is COc1ncccc1CNc1ncc(F)c(NC[C@]23CC4C[C@H](C2)[C@@H](NC[C@H]2CC[C@](C)(O)CC2)[C@@H](C4)C3)n1. The highest BCUT2D eigenvalue weighted by Gasteiger charge is 2.55. The lowest BCUT2D eigenvalue weighted by atomic mass is 9.48. The highest BCUT2D eigenvalue weighted by molar-refractivity contribution is 5.42. The van der Waals surface area contributed by atoms with Gasteiger partial charge in [-0.1, -0.05) is 6.07 Å². The van der Waals surface area contributed by atoms with Gasteiger partial charge in [0.1, 0.15) is 0 Å².